The standard InChI is InChI=1S/C13H23N3/c1-9(2)12(10(3)4)8-15-11-5-6-13(14)16-7-11/h5-7,9-10,12,15H,8H2,1-4H3,(H2,14,16). The number of nitrogens with two attached hydrogens (primary N) is 1. The highest BCUT2D eigenvalue weighted by Gasteiger charge is 2.16. The average Bonchev–Trinajstić information content (AvgIpc) is 2.20. The molecule has 0 aliphatic heterocycles. The summed E-state index contributed by atoms with van der Waals surface area (Å²) in [6.07, 6.45) is 1.78. The summed E-state index contributed by atoms with van der Waals surface area (Å²) in [6, 6.07) is 3.79. The first-order valence-electron chi connectivity index (χ1n) is 5.96. The maximum absolute atomic E-state index is 5.54. The summed E-state index contributed by atoms with van der Waals surface area (Å²) in [5.41, 5.74) is 6.58. The second-order valence-electron chi connectivity index (χ2n) is 5.00. The van der Waals surface area contributed by atoms with Crippen LogP contribution in [-0.2, 0) is 0 Å². The van der Waals surface area contributed by atoms with Crippen LogP contribution in [0.3, 0.4) is 0 Å². The molecule has 0 bridgehead atoms. The zero-order valence-corrected chi connectivity index (χ0v) is 10.7. The van der Waals surface area contributed by atoms with Gasteiger partial charge in [-0.2, -0.15) is 0 Å². The van der Waals surface area contributed by atoms with Gasteiger partial charge in [0, 0.05) is 6.54 Å². The maximum atomic E-state index is 5.54. The fourth-order valence-corrected chi connectivity index (χ4v) is 1.99. The minimum atomic E-state index is 0.565. The molecule has 3 N–H and O–H groups in total. The zero-order valence-electron chi connectivity index (χ0n) is 10.7. The molecule has 0 atom stereocenters. The van der Waals surface area contributed by atoms with E-state index in [1.54, 1.807) is 6.20 Å². The minimum Gasteiger partial charge on any atom is -0.384 e. The van der Waals surface area contributed by atoms with E-state index >= 15 is 0 Å². The van der Waals surface area contributed by atoms with Crippen LogP contribution in [0.4, 0.5) is 11.5 Å². The molecule has 0 spiro atoms. The summed E-state index contributed by atoms with van der Waals surface area (Å²) >= 11 is 0. The number of hydrogen-bond acceptors (Lipinski definition) is 3. The summed E-state index contributed by atoms with van der Waals surface area (Å²) in [4.78, 5) is 4.06. The molecule has 3 heteroatoms. The van der Waals surface area contributed by atoms with Gasteiger partial charge in [-0.05, 0) is 29.9 Å². The lowest BCUT2D eigenvalue weighted by atomic mass is 9.85. The van der Waals surface area contributed by atoms with Crippen LogP contribution in [-0.4, -0.2) is 11.5 Å². The number of rotatable bonds is 5. The number of aromatic nitrogens is 1. The lowest BCUT2D eigenvalue weighted by molar-refractivity contribution is 0.304. The first kappa shape index (κ1) is 12.8. The Morgan fingerprint density at radius 2 is 1.81 bits per heavy atom. The Morgan fingerprint density at radius 1 is 1.19 bits per heavy atom. The average molecular weight is 221 g/mol. The third-order valence-electron chi connectivity index (χ3n) is 3.04. The number of nitrogen functional groups attached to an aromatic ring is 1. The number of hydrogen-bond donors (Lipinski definition) is 2. The number of pyridine rings is 1. The lowest BCUT2D eigenvalue weighted by Gasteiger charge is -2.25. The quantitative estimate of drug-likeness (QED) is 0.803. The molecule has 0 aliphatic carbocycles. The molecule has 1 aromatic rings. The molecule has 0 saturated heterocycles. The molecule has 0 amide bonds. The molecule has 0 saturated carbocycles. The Kier molecular flexibility index (Phi) is 4.59. The summed E-state index contributed by atoms with van der Waals surface area (Å²) < 4.78 is 0. The predicted molar refractivity (Wildman–Crippen MR) is 70.3 cm³/mol. The number of nitrogens with zero attached hydrogens (tertiary/aromatic N) is 1. The molecule has 1 rings (SSSR count). The summed E-state index contributed by atoms with van der Waals surface area (Å²) in [5.74, 6) is 2.62. The molecule has 1 aromatic heterocycles. The van der Waals surface area contributed by atoms with Gasteiger partial charge in [0.05, 0.1) is 11.9 Å². The highest BCUT2D eigenvalue weighted by Crippen LogP contribution is 2.21. The lowest BCUT2D eigenvalue weighted by Crippen LogP contribution is -2.24. The van der Waals surface area contributed by atoms with Crippen molar-refractivity contribution in [3.05, 3.63) is 18.3 Å². The van der Waals surface area contributed by atoms with Crippen LogP contribution >= 0.6 is 0 Å². The molecule has 1 heterocycles. The van der Waals surface area contributed by atoms with E-state index in [1.807, 2.05) is 12.1 Å². The van der Waals surface area contributed by atoms with E-state index in [0.29, 0.717) is 23.6 Å². The molecule has 0 aliphatic rings. The van der Waals surface area contributed by atoms with E-state index in [0.717, 1.165) is 12.2 Å². The molecule has 3 nitrogen and oxygen atoms in total. The summed E-state index contributed by atoms with van der Waals surface area (Å²) in [5, 5.41) is 3.42. The third kappa shape index (κ3) is 3.72. The Hall–Kier alpha value is -1.25. The molecule has 0 fully saturated rings. The van der Waals surface area contributed by atoms with Gasteiger partial charge in [-0.1, -0.05) is 27.7 Å². The SMILES string of the molecule is CC(C)C(CNc1ccc(N)nc1)C(C)C. The van der Waals surface area contributed by atoms with Crippen molar-refractivity contribution in [2.45, 2.75) is 27.7 Å². The fourth-order valence-electron chi connectivity index (χ4n) is 1.99. The third-order valence-corrected chi connectivity index (χ3v) is 3.04. The van der Waals surface area contributed by atoms with Crippen molar-refractivity contribution in [2.24, 2.45) is 17.8 Å². The van der Waals surface area contributed by atoms with Gasteiger partial charge >= 0.3 is 0 Å². The Bertz CT molecular complexity index is 295. The van der Waals surface area contributed by atoms with Crippen molar-refractivity contribution in [1.29, 1.82) is 0 Å². The molecular formula is C13H23N3. The van der Waals surface area contributed by atoms with E-state index in [-0.39, 0.29) is 0 Å². The normalized spacial score (nSPS) is 11.4. The first-order chi connectivity index (χ1) is 7.50. The van der Waals surface area contributed by atoms with Crippen LogP contribution in [0.25, 0.3) is 0 Å². The van der Waals surface area contributed by atoms with Crippen molar-refractivity contribution in [3.63, 3.8) is 0 Å². The molecule has 0 unspecified atom stereocenters. The number of anilines is 2. The van der Waals surface area contributed by atoms with Crippen molar-refractivity contribution < 1.29 is 0 Å². The largest absolute Gasteiger partial charge is 0.384 e. The van der Waals surface area contributed by atoms with Crippen LogP contribution in [0.5, 0.6) is 0 Å². The van der Waals surface area contributed by atoms with Gasteiger partial charge in [0.25, 0.3) is 0 Å². The van der Waals surface area contributed by atoms with Gasteiger partial charge in [-0.25, -0.2) is 4.98 Å². The van der Waals surface area contributed by atoms with Crippen LogP contribution < -0.4 is 11.1 Å². The van der Waals surface area contributed by atoms with E-state index in [1.165, 1.54) is 0 Å². The van der Waals surface area contributed by atoms with Gasteiger partial charge in [-0.3, -0.25) is 0 Å². The maximum Gasteiger partial charge on any atom is 0.123 e. The topological polar surface area (TPSA) is 50.9 Å². The fraction of sp³-hybridized carbons (Fsp3) is 0.615. The van der Waals surface area contributed by atoms with Gasteiger partial charge in [0.15, 0.2) is 0 Å². The van der Waals surface area contributed by atoms with Crippen molar-refractivity contribution in [3.8, 4) is 0 Å². The molecule has 0 aromatic carbocycles. The van der Waals surface area contributed by atoms with E-state index in [9.17, 15) is 0 Å². The second kappa shape index (κ2) is 5.73. The first-order valence-corrected chi connectivity index (χ1v) is 5.96. The second-order valence-corrected chi connectivity index (χ2v) is 5.00. The van der Waals surface area contributed by atoms with Crippen LogP contribution in [0.15, 0.2) is 18.3 Å². The van der Waals surface area contributed by atoms with Crippen LogP contribution in [0, 0.1) is 17.8 Å². The monoisotopic (exact) mass is 221 g/mol. The van der Waals surface area contributed by atoms with E-state index in [4.69, 9.17) is 5.73 Å². The highest BCUT2D eigenvalue weighted by atomic mass is 14.9. The smallest absolute Gasteiger partial charge is 0.123 e. The van der Waals surface area contributed by atoms with Gasteiger partial charge in [-0.15, -0.1) is 0 Å². The van der Waals surface area contributed by atoms with E-state index < -0.39 is 0 Å². The molecule has 16 heavy (non-hydrogen) atoms. The van der Waals surface area contributed by atoms with Crippen molar-refractivity contribution in [1.82, 2.24) is 4.98 Å². The Labute approximate surface area is 98.5 Å². The van der Waals surface area contributed by atoms with Crippen molar-refractivity contribution >= 4 is 11.5 Å². The molecule has 90 valence electrons. The predicted octanol–water partition coefficient (Wildman–Crippen LogP) is 3.00. The van der Waals surface area contributed by atoms with Gasteiger partial charge in [0.1, 0.15) is 5.82 Å². The Morgan fingerprint density at radius 3 is 2.25 bits per heavy atom. The summed E-state index contributed by atoms with van der Waals surface area (Å²) in [7, 11) is 0. The van der Waals surface area contributed by atoms with Crippen LogP contribution in [0.1, 0.15) is 27.7 Å². The number of nitrogens with one attached hydrogen (secondary N) is 1. The van der Waals surface area contributed by atoms with E-state index in [2.05, 4.69) is 38.0 Å². The summed E-state index contributed by atoms with van der Waals surface area (Å²) in [6.45, 7) is 10.1. The van der Waals surface area contributed by atoms with Gasteiger partial charge in [0.2, 0.25) is 0 Å². The van der Waals surface area contributed by atoms with Gasteiger partial charge < -0.3 is 11.1 Å². The molecule has 0 radical (unpaired) electrons. The molecular weight excluding hydrogens is 198 g/mol. The van der Waals surface area contributed by atoms with Crippen molar-refractivity contribution in [2.75, 3.05) is 17.6 Å². The Balaban J connectivity index is 2.52. The minimum absolute atomic E-state index is 0.565. The zero-order chi connectivity index (χ0) is 12.1. The highest BCUT2D eigenvalue weighted by molar-refractivity contribution is 5.45. The van der Waals surface area contributed by atoms with Crippen LogP contribution in [0.2, 0.25) is 0 Å².